The van der Waals surface area contributed by atoms with Gasteiger partial charge in [0.05, 0.1) is 23.0 Å². The number of halogens is 2. The summed E-state index contributed by atoms with van der Waals surface area (Å²) in [6, 6.07) is 40.4. The number of carbonyl (C=O) groups is 2. The molecule has 3 N–H and O–H groups in total. The molecular weight excluding hydrogens is 1070 g/mol. The van der Waals surface area contributed by atoms with Gasteiger partial charge in [-0.05, 0) is 161 Å². The molecule has 6 heterocycles. The van der Waals surface area contributed by atoms with Crippen molar-refractivity contribution in [2.45, 2.75) is 145 Å². The first kappa shape index (κ1) is 58.8. The predicted octanol–water partition coefficient (Wildman–Crippen LogP) is 12.6. The minimum Gasteiger partial charge on any atom is -0.480 e. The minimum atomic E-state index is -3.15. The number of aromatic amines is 1. The number of nitriles is 1. The number of hydrogen-bond acceptors (Lipinski definition) is 9. The van der Waals surface area contributed by atoms with E-state index in [1.54, 1.807) is 24.3 Å². The molecule has 0 amide bonds. The zero-order valence-corrected chi connectivity index (χ0v) is 49.4. The van der Waals surface area contributed by atoms with Crippen LogP contribution >= 0.6 is 0 Å². The number of aliphatic carboxylic acids is 2. The van der Waals surface area contributed by atoms with Gasteiger partial charge < -0.3 is 20.0 Å². The Morgan fingerprint density at radius 3 is 1.78 bits per heavy atom. The molecule has 2 aromatic heterocycles. The van der Waals surface area contributed by atoms with Crippen molar-refractivity contribution >= 4 is 11.9 Å². The molecule has 6 aromatic rings. The topological polar surface area (TPSA) is 158 Å². The summed E-state index contributed by atoms with van der Waals surface area (Å²) in [6.07, 6.45) is 12.7. The molecule has 12 rings (SSSR count). The molecule has 13 nitrogen and oxygen atoms in total. The van der Waals surface area contributed by atoms with E-state index in [-0.39, 0.29) is 58.6 Å². The number of likely N-dealkylation sites (tertiary alicyclic amines) is 4. The van der Waals surface area contributed by atoms with Gasteiger partial charge in [-0.25, -0.2) is 0 Å². The lowest BCUT2D eigenvalue weighted by molar-refractivity contribution is -0.146. The first-order valence-corrected chi connectivity index (χ1v) is 32.0. The molecule has 4 aliphatic heterocycles. The lowest BCUT2D eigenvalue weighted by atomic mass is 9.74. The van der Waals surface area contributed by atoms with Crippen molar-refractivity contribution in [3.63, 3.8) is 0 Å². The Morgan fingerprint density at radius 2 is 1.19 bits per heavy atom. The van der Waals surface area contributed by atoms with Crippen LogP contribution in [-0.2, 0) is 22.1 Å². The van der Waals surface area contributed by atoms with E-state index in [2.05, 4.69) is 90.5 Å². The number of carboxylic acids is 2. The van der Waals surface area contributed by atoms with Crippen molar-refractivity contribution in [3.05, 3.63) is 166 Å². The number of alkyl halides is 2. The minimum absolute atomic E-state index is 0.00597. The third kappa shape index (κ3) is 13.0. The first-order chi connectivity index (χ1) is 41.4. The Bertz CT molecular complexity index is 3220. The number of H-pyrrole nitrogens is 1. The third-order valence-electron chi connectivity index (χ3n) is 21.0. The summed E-state index contributed by atoms with van der Waals surface area (Å²) < 4.78 is 33.3. The van der Waals surface area contributed by atoms with E-state index in [4.69, 9.17) is 5.10 Å². The van der Waals surface area contributed by atoms with Gasteiger partial charge in [-0.15, -0.1) is 0 Å². The summed E-state index contributed by atoms with van der Waals surface area (Å²) >= 11 is 0. The Balaban J connectivity index is 0.703. The molecule has 0 bridgehead atoms. The maximum absolute atomic E-state index is 15.9. The summed E-state index contributed by atoms with van der Waals surface area (Å²) in [5.74, 6) is -2.78. The number of nitrogens with one attached hydrogen (secondary N) is 1. The zero-order chi connectivity index (χ0) is 58.6. The average molecular weight is 1150 g/mol. The monoisotopic (exact) mass is 1150 g/mol. The van der Waals surface area contributed by atoms with Crippen LogP contribution in [0.15, 0.2) is 121 Å². The van der Waals surface area contributed by atoms with Crippen LogP contribution in [0.3, 0.4) is 0 Å². The lowest BCUT2D eigenvalue weighted by Gasteiger charge is -2.37. The Kier molecular flexibility index (Phi) is 18.1. The molecule has 2 unspecified atom stereocenters. The molecule has 6 aliphatic rings. The summed E-state index contributed by atoms with van der Waals surface area (Å²) in [5.41, 5.74) is 8.11. The maximum Gasteiger partial charge on any atom is 0.321 e. The Morgan fingerprint density at radius 1 is 0.635 bits per heavy atom. The lowest BCUT2D eigenvalue weighted by Crippen LogP contribution is -2.47. The van der Waals surface area contributed by atoms with Crippen LogP contribution in [0.4, 0.5) is 8.78 Å². The molecule has 0 spiro atoms. The molecule has 0 radical (unpaired) electrons. The first-order valence-electron chi connectivity index (χ1n) is 32.0. The number of hydrogen-bond donors (Lipinski definition) is 3. The third-order valence-corrected chi connectivity index (χ3v) is 21.0. The van der Waals surface area contributed by atoms with Gasteiger partial charge in [0, 0.05) is 86.3 Å². The Labute approximate surface area is 500 Å². The van der Waals surface area contributed by atoms with Crippen LogP contribution in [0, 0.1) is 35.0 Å². The average Bonchev–Trinajstić information content (AvgIpc) is 4.36. The standard InChI is InChI=1S/C70H85F2N9O4/c1-2-81-65(70(71,72)59-19-10-5-11-20-59)39-64(76-81)53-31-35-78(36-32-53)41-57-44-80(45-60(57)49-13-6-3-7-14-49)67(69(84)85)56-18-12-17-55(37-56)48-25-27-50(28-26-48)61-46-79(66(68(82)83)54-15-8-4-9-16-54)43-58(61)42-77-33-29-52(30-34-77)63-38-62(74-75-63)51-23-21-47(40-73)22-24-51/h3,5-7,10-11,13-14,19-28,38-39,52-58,60-61,66-67H,2,4,8-9,12,15-18,29-37,41-46H2,1H3,(H,74,75)(H,82,83)(H,84,85)/t55?,56?,57-,58-,60+,61+,66+,67+/m0/s1. The van der Waals surface area contributed by atoms with E-state index in [1.165, 1.54) is 39.9 Å². The van der Waals surface area contributed by atoms with Crippen molar-refractivity contribution in [1.82, 2.24) is 39.6 Å². The van der Waals surface area contributed by atoms with Gasteiger partial charge in [-0.2, -0.15) is 24.2 Å². The van der Waals surface area contributed by atoms with E-state index in [0.717, 1.165) is 152 Å². The molecule has 6 fully saturated rings. The smallest absolute Gasteiger partial charge is 0.321 e. The van der Waals surface area contributed by atoms with Crippen LogP contribution in [0.2, 0.25) is 0 Å². The number of nitrogens with zero attached hydrogens (tertiary/aromatic N) is 8. The van der Waals surface area contributed by atoms with E-state index in [1.807, 2.05) is 37.3 Å². The summed E-state index contributed by atoms with van der Waals surface area (Å²) in [5, 5.41) is 44.1. The van der Waals surface area contributed by atoms with Gasteiger partial charge in [0.25, 0.3) is 0 Å². The van der Waals surface area contributed by atoms with Crippen LogP contribution in [0.25, 0.3) is 11.3 Å². The molecule has 2 saturated carbocycles. The van der Waals surface area contributed by atoms with Gasteiger partial charge >= 0.3 is 17.9 Å². The molecule has 85 heavy (non-hydrogen) atoms. The molecule has 4 aromatic carbocycles. The normalized spacial score (nSPS) is 25.4. The van der Waals surface area contributed by atoms with Crippen LogP contribution < -0.4 is 0 Å². The molecular formula is C70H85F2N9O4. The van der Waals surface area contributed by atoms with E-state index < -0.39 is 29.9 Å². The van der Waals surface area contributed by atoms with Crippen molar-refractivity contribution in [2.75, 3.05) is 65.4 Å². The second-order valence-corrected chi connectivity index (χ2v) is 26.1. The van der Waals surface area contributed by atoms with E-state index in [0.29, 0.717) is 31.1 Å². The predicted molar refractivity (Wildman–Crippen MR) is 326 cm³/mol. The van der Waals surface area contributed by atoms with Crippen LogP contribution in [0.5, 0.6) is 0 Å². The number of aryl methyl sites for hydroxylation is 1. The molecule has 8 atom stereocenters. The molecule has 448 valence electrons. The highest BCUT2D eigenvalue weighted by Crippen LogP contribution is 2.45. The van der Waals surface area contributed by atoms with Crippen LogP contribution in [-0.4, -0.2) is 139 Å². The second-order valence-electron chi connectivity index (χ2n) is 26.1. The largest absolute Gasteiger partial charge is 0.480 e. The number of carboxylic acid groups (broad SMARTS) is 2. The number of piperidine rings is 2. The fourth-order valence-electron chi connectivity index (χ4n) is 16.5. The maximum atomic E-state index is 15.9. The summed E-state index contributed by atoms with van der Waals surface area (Å²) in [7, 11) is 0. The molecule has 4 saturated heterocycles. The van der Waals surface area contributed by atoms with E-state index in [9.17, 15) is 25.1 Å². The van der Waals surface area contributed by atoms with Gasteiger partial charge in [0.2, 0.25) is 0 Å². The highest BCUT2D eigenvalue weighted by molar-refractivity contribution is 5.74. The van der Waals surface area contributed by atoms with Crippen molar-refractivity contribution in [3.8, 4) is 17.3 Å². The van der Waals surface area contributed by atoms with E-state index >= 15 is 8.78 Å². The highest BCUT2D eigenvalue weighted by atomic mass is 19.3. The van der Waals surface area contributed by atoms with Gasteiger partial charge in [0.15, 0.2) is 0 Å². The summed E-state index contributed by atoms with van der Waals surface area (Å²) in [6.45, 7) is 10.5. The summed E-state index contributed by atoms with van der Waals surface area (Å²) in [4.78, 5) is 36.7. The fraction of sp³-hybridized carbons (Fsp3) is 0.529. The molecule has 2 aliphatic carbocycles. The SMILES string of the molecule is CCn1nc(C2CCN(C[C@H]3CN([C@@H](C(=O)O)C4CCCC(c5ccc([C@H]6CN([C@@H](C(=O)O)C7CCCCC7)C[C@@H]6CN6CCC(c7cc(-c8ccc(C#N)cc8)n[nH]7)CC6)cc5)C4)C[C@@H]3c3ccccc3)CC2)cc1C(F)(F)c1ccccc1. The quantitative estimate of drug-likeness (QED) is 0.0709. The van der Waals surface area contributed by atoms with Crippen LogP contribution in [0.1, 0.15) is 165 Å². The highest BCUT2D eigenvalue weighted by Gasteiger charge is 2.47. The number of benzene rings is 4. The second kappa shape index (κ2) is 26.2. The van der Waals surface area contributed by atoms with Gasteiger partial charge in [0.1, 0.15) is 17.8 Å². The van der Waals surface area contributed by atoms with Gasteiger partial charge in [-0.1, -0.05) is 123 Å². The molecule has 15 heteroatoms. The van der Waals surface area contributed by atoms with Gasteiger partial charge in [-0.3, -0.25) is 29.2 Å². The Hall–Kier alpha value is -6.57. The fourth-order valence-corrected chi connectivity index (χ4v) is 16.5. The van der Waals surface area contributed by atoms with Crippen molar-refractivity contribution in [2.24, 2.45) is 23.7 Å². The number of aromatic nitrogens is 4. The number of rotatable bonds is 19. The van der Waals surface area contributed by atoms with Crippen molar-refractivity contribution in [1.29, 1.82) is 5.26 Å². The zero-order valence-electron chi connectivity index (χ0n) is 49.4. The van der Waals surface area contributed by atoms with Crippen molar-refractivity contribution < 1.29 is 28.6 Å².